The van der Waals surface area contributed by atoms with E-state index in [4.69, 9.17) is 4.74 Å². The van der Waals surface area contributed by atoms with Gasteiger partial charge in [-0.05, 0) is 43.5 Å². The third kappa shape index (κ3) is 3.73. The molecule has 2 rings (SSSR count). The fourth-order valence-electron chi connectivity index (χ4n) is 2.77. The molecule has 0 aliphatic carbocycles. The van der Waals surface area contributed by atoms with E-state index in [1.54, 1.807) is 0 Å². The largest absolute Gasteiger partial charge is 0.487 e. The highest BCUT2D eigenvalue weighted by molar-refractivity contribution is 5.41. The predicted octanol–water partition coefficient (Wildman–Crippen LogP) is 3.93. The van der Waals surface area contributed by atoms with Gasteiger partial charge in [-0.3, -0.25) is 0 Å². The monoisotopic (exact) mass is 261 g/mol. The molecular weight excluding hydrogens is 234 g/mol. The maximum atomic E-state index is 5.91. The zero-order valence-corrected chi connectivity index (χ0v) is 12.8. The van der Waals surface area contributed by atoms with Gasteiger partial charge in [0, 0.05) is 13.0 Å². The van der Waals surface area contributed by atoms with E-state index in [2.05, 4.69) is 51.2 Å². The lowest BCUT2D eigenvalue weighted by Crippen LogP contribution is -2.24. The van der Waals surface area contributed by atoms with Crippen molar-refractivity contribution < 1.29 is 4.74 Å². The summed E-state index contributed by atoms with van der Waals surface area (Å²) in [6.07, 6.45) is 3.54. The molecule has 0 saturated heterocycles. The molecule has 106 valence electrons. The van der Waals surface area contributed by atoms with Crippen LogP contribution in [0.1, 0.15) is 51.7 Å². The highest BCUT2D eigenvalue weighted by atomic mass is 16.5. The molecule has 1 heterocycles. The number of ether oxygens (including phenoxy) is 1. The number of fused-ring (bicyclic) bond motifs is 1. The first-order valence-corrected chi connectivity index (χ1v) is 7.55. The minimum atomic E-state index is -0.0378. The lowest BCUT2D eigenvalue weighted by atomic mass is 10.00. The van der Waals surface area contributed by atoms with Crippen LogP contribution < -0.4 is 10.1 Å². The topological polar surface area (TPSA) is 21.3 Å². The summed E-state index contributed by atoms with van der Waals surface area (Å²) in [4.78, 5) is 0. The summed E-state index contributed by atoms with van der Waals surface area (Å²) in [5, 5.41) is 3.57. The summed E-state index contributed by atoms with van der Waals surface area (Å²) >= 11 is 0. The standard InChI is InChI=1S/C17H27NO/c1-5-13(6-2)11-18-12-14-7-8-16-15(9-14)10-17(3,4)19-16/h7-9,13,18H,5-6,10-12H2,1-4H3. The molecule has 0 unspecified atom stereocenters. The Labute approximate surface area is 117 Å². The van der Waals surface area contributed by atoms with Gasteiger partial charge in [0.25, 0.3) is 0 Å². The Morgan fingerprint density at radius 1 is 1.26 bits per heavy atom. The third-order valence-electron chi connectivity index (χ3n) is 4.04. The van der Waals surface area contributed by atoms with Crippen LogP contribution in [0.15, 0.2) is 18.2 Å². The van der Waals surface area contributed by atoms with Crippen molar-refractivity contribution in [3.63, 3.8) is 0 Å². The van der Waals surface area contributed by atoms with E-state index >= 15 is 0 Å². The Morgan fingerprint density at radius 3 is 2.68 bits per heavy atom. The summed E-state index contributed by atoms with van der Waals surface area (Å²) < 4.78 is 5.91. The Balaban J connectivity index is 1.90. The second-order valence-electron chi connectivity index (χ2n) is 6.29. The van der Waals surface area contributed by atoms with Crippen molar-refractivity contribution in [1.29, 1.82) is 0 Å². The van der Waals surface area contributed by atoms with Crippen molar-refractivity contribution in [3.05, 3.63) is 29.3 Å². The molecule has 0 bridgehead atoms. The molecule has 2 nitrogen and oxygen atoms in total. The van der Waals surface area contributed by atoms with E-state index in [1.165, 1.54) is 24.0 Å². The van der Waals surface area contributed by atoms with Gasteiger partial charge < -0.3 is 10.1 Å². The first-order valence-electron chi connectivity index (χ1n) is 7.55. The van der Waals surface area contributed by atoms with Crippen LogP contribution in [0, 0.1) is 5.92 Å². The normalized spacial score (nSPS) is 16.5. The molecule has 1 aliphatic rings. The summed E-state index contributed by atoms with van der Waals surface area (Å²) in [7, 11) is 0. The Morgan fingerprint density at radius 2 is 2.00 bits per heavy atom. The first kappa shape index (κ1) is 14.4. The van der Waals surface area contributed by atoms with Gasteiger partial charge in [-0.1, -0.05) is 38.8 Å². The van der Waals surface area contributed by atoms with Crippen LogP contribution >= 0.6 is 0 Å². The van der Waals surface area contributed by atoms with Crippen LogP contribution in [-0.4, -0.2) is 12.1 Å². The summed E-state index contributed by atoms with van der Waals surface area (Å²) in [5.41, 5.74) is 2.68. The lowest BCUT2D eigenvalue weighted by Gasteiger charge is -2.16. The van der Waals surface area contributed by atoms with Gasteiger partial charge in [-0.15, -0.1) is 0 Å². The third-order valence-corrected chi connectivity index (χ3v) is 4.04. The second-order valence-corrected chi connectivity index (χ2v) is 6.29. The van der Waals surface area contributed by atoms with Crippen LogP contribution in [0.3, 0.4) is 0 Å². The molecule has 1 N–H and O–H groups in total. The van der Waals surface area contributed by atoms with Crippen LogP contribution in [0.5, 0.6) is 5.75 Å². The fourth-order valence-corrected chi connectivity index (χ4v) is 2.77. The van der Waals surface area contributed by atoms with Gasteiger partial charge in [0.15, 0.2) is 0 Å². The van der Waals surface area contributed by atoms with Gasteiger partial charge in [-0.2, -0.15) is 0 Å². The molecule has 0 atom stereocenters. The molecule has 1 aliphatic heterocycles. The minimum Gasteiger partial charge on any atom is -0.487 e. The number of rotatable bonds is 6. The van der Waals surface area contributed by atoms with E-state index < -0.39 is 0 Å². The molecule has 1 aromatic rings. The van der Waals surface area contributed by atoms with Gasteiger partial charge in [0.05, 0.1) is 0 Å². The summed E-state index contributed by atoms with van der Waals surface area (Å²) in [5.74, 6) is 1.87. The van der Waals surface area contributed by atoms with Crippen molar-refractivity contribution >= 4 is 0 Å². The van der Waals surface area contributed by atoms with Crippen molar-refractivity contribution in [3.8, 4) is 5.75 Å². The minimum absolute atomic E-state index is 0.0378. The van der Waals surface area contributed by atoms with Crippen molar-refractivity contribution in [1.82, 2.24) is 5.32 Å². The molecule has 0 radical (unpaired) electrons. The quantitative estimate of drug-likeness (QED) is 0.838. The maximum Gasteiger partial charge on any atom is 0.123 e. The SMILES string of the molecule is CCC(CC)CNCc1ccc2c(c1)CC(C)(C)O2. The average Bonchev–Trinajstić information content (AvgIpc) is 2.67. The second kappa shape index (κ2) is 5.96. The average molecular weight is 261 g/mol. The summed E-state index contributed by atoms with van der Waals surface area (Å²) in [6.45, 7) is 10.9. The number of benzene rings is 1. The molecule has 2 heteroatoms. The Hall–Kier alpha value is -1.02. The molecule has 0 amide bonds. The molecule has 0 aromatic heterocycles. The van der Waals surface area contributed by atoms with Crippen LogP contribution in [0.2, 0.25) is 0 Å². The van der Waals surface area contributed by atoms with Crippen molar-refractivity contribution in [2.45, 2.75) is 59.1 Å². The van der Waals surface area contributed by atoms with E-state index in [0.717, 1.165) is 31.2 Å². The van der Waals surface area contributed by atoms with E-state index in [9.17, 15) is 0 Å². The van der Waals surface area contributed by atoms with E-state index in [0.29, 0.717) is 0 Å². The molecule has 1 aromatic carbocycles. The zero-order valence-electron chi connectivity index (χ0n) is 12.8. The van der Waals surface area contributed by atoms with Gasteiger partial charge in [0.1, 0.15) is 11.4 Å². The van der Waals surface area contributed by atoms with Crippen LogP contribution in [0.4, 0.5) is 0 Å². The Kier molecular flexibility index (Phi) is 4.51. The first-order chi connectivity index (χ1) is 9.04. The number of hydrogen-bond donors (Lipinski definition) is 1. The van der Waals surface area contributed by atoms with Gasteiger partial charge >= 0.3 is 0 Å². The molecule has 0 fully saturated rings. The van der Waals surface area contributed by atoms with Gasteiger partial charge in [-0.25, -0.2) is 0 Å². The predicted molar refractivity (Wildman–Crippen MR) is 80.6 cm³/mol. The summed E-state index contributed by atoms with van der Waals surface area (Å²) in [6, 6.07) is 6.60. The highest BCUT2D eigenvalue weighted by Gasteiger charge is 2.29. The lowest BCUT2D eigenvalue weighted by molar-refractivity contribution is 0.138. The van der Waals surface area contributed by atoms with Gasteiger partial charge in [0.2, 0.25) is 0 Å². The van der Waals surface area contributed by atoms with Crippen LogP contribution in [-0.2, 0) is 13.0 Å². The smallest absolute Gasteiger partial charge is 0.123 e. The molecular formula is C17H27NO. The fraction of sp³-hybridized carbons (Fsp3) is 0.647. The molecule has 0 saturated carbocycles. The van der Waals surface area contributed by atoms with Crippen molar-refractivity contribution in [2.24, 2.45) is 5.92 Å². The molecule has 19 heavy (non-hydrogen) atoms. The number of nitrogens with one attached hydrogen (secondary N) is 1. The number of hydrogen-bond acceptors (Lipinski definition) is 2. The molecule has 0 spiro atoms. The highest BCUT2D eigenvalue weighted by Crippen LogP contribution is 2.35. The van der Waals surface area contributed by atoms with Crippen molar-refractivity contribution in [2.75, 3.05) is 6.54 Å². The van der Waals surface area contributed by atoms with Crippen LogP contribution in [0.25, 0.3) is 0 Å². The zero-order chi connectivity index (χ0) is 13.9. The maximum absolute atomic E-state index is 5.91. The van der Waals surface area contributed by atoms with E-state index in [-0.39, 0.29) is 5.60 Å². The van der Waals surface area contributed by atoms with E-state index in [1.807, 2.05) is 0 Å². The Bertz CT molecular complexity index is 421.